The highest BCUT2D eigenvalue weighted by Gasteiger charge is 2.29. The molecule has 0 radical (unpaired) electrons. The molecule has 17 heavy (non-hydrogen) atoms. The second kappa shape index (κ2) is 4.34. The van der Waals surface area contributed by atoms with E-state index in [-0.39, 0.29) is 28.9 Å². The fourth-order valence-corrected chi connectivity index (χ4v) is 4.10. The number of hydrogen-bond donors (Lipinski definition) is 1. The number of anilines is 1. The van der Waals surface area contributed by atoms with Crippen LogP contribution in [0.25, 0.3) is 0 Å². The second-order valence-electron chi connectivity index (χ2n) is 3.84. The van der Waals surface area contributed by atoms with Crippen LogP contribution in [0.15, 0.2) is 16.0 Å². The molecule has 8 heteroatoms. The standard InChI is InChI=1S/C9H13N3O3S2/c1-2-17(14,15)5-6-4-16-9-11-7(10)3-8(13)12(6)9/h3,6H,2,4-5,10H2,1H3/t6-/m1/s1. The van der Waals surface area contributed by atoms with Gasteiger partial charge in [0.1, 0.15) is 5.82 Å². The van der Waals surface area contributed by atoms with E-state index in [0.29, 0.717) is 10.9 Å². The Bertz CT molecular complexity index is 594. The molecule has 6 nitrogen and oxygen atoms in total. The molecule has 0 amide bonds. The van der Waals surface area contributed by atoms with Crippen molar-refractivity contribution in [3.63, 3.8) is 0 Å². The van der Waals surface area contributed by atoms with Crippen molar-refractivity contribution in [2.24, 2.45) is 0 Å². The molecule has 0 unspecified atom stereocenters. The van der Waals surface area contributed by atoms with Crippen molar-refractivity contribution in [2.75, 3.05) is 23.0 Å². The molecule has 1 aliphatic heterocycles. The molecule has 1 atom stereocenters. The molecule has 1 aliphatic rings. The van der Waals surface area contributed by atoms with Gasteiger partial charge in [0.2, 0.25) is 0 Å². The average Bonchev–Trinajstić information content (AvgIpc) is 2.60. The van der Waals surface area contributed by atoms with Gasteiger partial charge in [-0.05, 0) is 0 Å². The van der Waals surface area contributed by atoms with Crippen LogP contribution in [0, 0.1) is 0 Å². The van der Waals surface area contributed by atoms with Gasteiger partial charge in [0.15, 0.2) is 15.0 Å². The van der Waals surface area contributed by atoms with E-state index in [4.69, 9.17) is 5.73 Å². The summed E-state index contributed by atoms with van der Waals surface area (Å²) in [5.41, 5.74) is 5.19. The molecule has 0 saturated heterocycles. The second-order valence-corrected chi connectivity index (χ2v) is 7.22. The summed E-state index contributed by atoms with van der Waals surface area (Å²) in [6, 6.07) is 0.890. The Morgan fingerprint density at radius 1 is 1.65 bits per heavy atom. The summed E-state index contributed by atoms with van der Waals surface area (Å²) in [6.45, 7) is 1.60. The number of fused-ring (bicyclic) bond motifs is 1. The van der Waals surface area contributed by atoms with E-state index in [0.717, 1.165) is 0 Å². The van der Waals surface area contributed by atoms with Crippen molar-refractivity contribution in [1.82, 2.24) is 9.55 Å². The molecule has 0 fully saturated rings. The predicted octanol–water partition coefficient (Wildman–Crippen LogP) is -0.0930. The lowest BCUT2D eigenvalue weighted by molar-refractivity contribution is 0.528. The van der Waals surface area contributed by atoms with Gasteiger partial charge in [0, 0.05) is 17.6 Å². The van der Waals surface area contributed by atoms with Gasteiger partial charge in [-0.1, -0.05) is 18.7 Å². The Balaban J connectivity index is 2.38. The molecule has 0 spiro atoms. The minimum absolute atomic E-state index is 0.0188. The first-order valence-corrected chi connectivity index (χ1v) is 7.96. The van der Waals surface area contributed by atoms with Gasteiger partial charge in [-0.3, -0.25) is 9.36 Å². The van der Waals surface area contributed by atoms with Gasteiger partial charge in [0.25, 0.3) is 5.56 Å². The zero-order valence-corrected chi connectivity index (χ0v) is 10.9. The molecule has 0 aliphatic carbocycles. The van der Waals surface area contributed by atoms with Gasteiger partial charge in [-0.25, -0.2) is 13.4 Å². The van der Waals surface area contributed by atoms with Gasteiger partial charge in [-0.15, -0.1) is 0 Å². The third-order valence-corrected chi connectivity index (χ3v) is 5.47. The number of sulfone groups is 1. The Morgan fingerprint density at radius 3 is 3.00 bits per heavy atom. The van der Waals surface area contributed by atoms with Crippen molar-refractivity contribution >= 4 is 27.4 Å². The Hall–Kier alpha value is -1.02. The fraction of sp³-hybridized carbons (Fsp3) is 0.556. The highest BCUT2D eigenvalue weighted by Crippen LogP contribution is 2.31. The molecule has 0 saturated carbocycles. The molecular formula is C9H13N3O3S2. The van der Waals surface area contributed by atoms with E-state index in [9.17, 15) is 13.2 Å². The Labute approximate surface area is 103 Å². The lowest BCUT2D eigenvalue weighted by atomic mass is 10.4. The normalized spacial score (nSPS) is 19.2. The summed E-state index contributed by atoms with van der Waals surface area (Å²) in [4.78, 5) is 15.8. The monoisotopic (exact) mass is 275 g/mol. The first-order valence-electron chi connectivity index (χ1n) is 5.15. The van der Waals surface area contributed by atoms with Crippen LogP contribution in [-0.2, 0) is 9.84 Å². The largest absolute Gasteiger partial charge is 0.383 e. The van der Waals surface area contributed by atoms with Crippen molar-refractivity contribution in [3.05, 3.63) is 16.4 Å². The maximum atomic E-state index is 11.8. The quantitative estimate of drug-likeness (QED) is 0.774. The number of hydrogen-bond acceptors (Lipinski definition) is 6. The molecule has 0 aromatic carbocycles. The zero-order chi connectivity index (χ0) is 12.6. The lowest BCUT2D eigenvalue weighted by Crippen LogP contribution is -2.29. The van der Waals surface area contributed by atoms with Crippen LogP contribution in [0.1, 0.15) is 13.0 Å². The zero-order valence-electron chi connectivity index (χ0n) is 9.29. The molecule has 2 heterocycles. The van der Waals surface area contributed by atoms with Gasteiger partial charge in [-0.2, -0.15) is 0 Å². The van der Waals surface area contributed by atoms with Gasteiger partial charge < -0.3 is 5.73 Å². The van der Waals surface area contributed by atoms with E-state index in [2.05, 4.69) is 4.98 Å². The predicted molar refractivity (Wildman–Crippen MR) is 67.0 cm³/mol. The van der Waals surface area contributed by atoms with Crippen LogP contribution in [0.2, 0.25) is 0 Å². The minimum Gasteiger partial charge on any atom is -0.383 e. The van der Waals surface area contributed by atoms with Crippen LogP contribution < -0.4 is 11.3 Å². The van der Waals surface area contributed by atoms with Crippen LogP contribution in [0.4, 0.5) is 5.82 Å². The van der Waals surface area contributed by atoms with E-state index >= 15 is 0 Å². The molecule has 1 aromatic heterocycles. The topological polar surface area (TPSA) is 95.1 Å². The summed E-state index contributed by atoms with van der Waals surface area (Å²) in [7, 11) is -3.10. The lowest BCUT2D eigenvalue weighted by Gasteiger charge is -2.12. The van der Waals surface area contributed by atoms with E-state index in [1.165, 1.54) is 22.4 Å². The van der Waals surface area contributed by atoms with Crippen molar-refractivity contribution < 1.29 is 8.42 Å². The first kappa shape index (κ1) is 12.4. The van der Waals surface area contributed by atoms with Crippen molar-refractivity contribution in [1.29, 1.82) is 0 Å². The van der Waals surface area contributed by atoms with Crippen LogP contribution in [-0.4, -0.2) is 35.2 Å². The Morgan fingerprint density at radius 2 is 2.35 bits per heavy atom. The van der Waals surface area contributed by atoms with Crippen molar-refractivity contribution in [3.8, 4) is 0 Å². The molecule has 1 aromatic rings. The minimum atomic E-state index is -3.10. The number of nitrogens with two attached hydrogens (primary N) is 1. The summed E-state index contributed by atoms with van der Waals surface area (Å²) in [5, 5.41) is 0.506. The fourth-order valence-electron chi connectivity index (χ4n) is 1.70. The summed E-state index contributed by atoms with van der Waals surface area (Å²) in [6.07, 6.45) is 0. The SMILES string of the molecule is CCS(=O)(=O)C[C@H]1CSc2nc(N)cc(=O)n21. The smallest absolute Gasteiger partial charge is 0.256 e. The van der Waals surface area contributed by atoms with E-state index in [1.54, 1.807) is 6.92 Å². The van der Waals surface area contributed by atoms with Crippen LogP contribution in [0.3, 0.4) is 0 Å². The Kier molecular flexibility index (Phi) is 3.17. The molecule has 0 bridgehead atoms. The summed E-state index contributed by atoms with van der Waals surface area (Å²) in [5.74, 6) is 0.786. The number of thioether (sulfide) groups is 1. The van der Waals surface area contributed by atoms with E-state index < -0.39 is 9.84 Å². The molecule has 2 rings (SSSR count). The number of aromatic nitrogens is 2. The molecule has 94 valence electrons. The maximum absolute atomic E-state index is 11.8. The third-order valence-electron chi connectivity index (χ3n) is 2.60. The highest BCUT2D eigenvalue weighted by molar-refractivity contribution is 7.99. The van der Waals surface area contributed by atoms with Crippen molar-refractivity contribution in [2.45, 2.75) is 18.1 Å². The molecular weight excluding hydrogens is 262 g/mol. The van der Waals surface area contributed by atoms with Crippen LogP contribution >= 0.6 is 11.8 Å². The average molecular weight is 275 g/mol. The number of nitrogens with zero attached hydrogens (tertiary/aromatic N) is 2. The third kappa shape index (κ3) is 2.47. The summed E-state index contributed by atoms with van der Waals surface area (Å²) >= 11 is 1.36. The van der Waals surface area contributed by atoms with Gasteiger partial charge in [0.05, 0.1) is 11.8 Å². The van der Waals surface area contributed by atoms with Crippen LogP contribution in [0.5, 0.6) is 0 Å². The maximum Gasteiger partial charge on any atom is 0.256 e. The highest BCUT2D eigenvalue weighted by atomic mass is 32.2. The van der Waals surface area contributed by atoms with Gasteiger partial charge >= 0.3 is 0 Å². The number of nitrogen functional groups attached to an aromatic ring is 1. The molecule has 2 N–H and O–H groups in total. The number of rotatable bonds is 3. The van der Waals surface area contributed by atoms with E-state index in [1.807, 2.05) is 0 Å². The first-order chi connectivity index (χ1) is 7.93. The summed E-state index contributed by atoms with van der Waals surface area (Å²) < 4.78 is 24.6.